The highest BCUT2D eigenvalue weighted by Crippen LogP contribution is 2.28. The van der Waals surface area contributed by atoms with Gasteiger partial charge in [0.25, 0.3) is 0 Å². The van der Waals surface area contributed by atoms with Gasteiger partial charge in [-0.1, -0.05) is 13.3 Å². The number of aldehydes is 1. The summed E-state index contributed by atoms with van der Waals surface area (Å²) in [5, 5.41) is 0. The first-order valence-corrected chi connectivity index (χ1v) is 10.6. The van der Waals surface area contributed by atoms with Crippen LogP contribution in [0.4, 0.5) is 5.82 Å². The minimum atomic E-state index is -1.31. The SMILES string of the molecule is CCCCc1cnc(N2CCN(S(=O)C3(C=O)CCOCC3)CC2)cn1. The summed E-state index contributed by atoms with van der Waals surface area (Å²) in [6, 6.07) is 0. The molecule has 2 aliphatic heterocycles. The minimum absolute atomic E-state index is 0.504. The largest absolute Gasteiger partial charge is 0.381 e. The number of hydrogen-bond acceptors (Lipinski definition) is 6. The van der Waals surface area contributed by atoms with E-state index in [1.54, 1.807) is 0 Å². The minimum Gasteiger partial charge on any atom is -0.381 e. The summed E-state index contributed by atoms with van der Waals surface area (Å²) in [7, 11) is -1.31. The third-order valence-corrected chi connectivity index (χ3v) is 7.21. The molecule has 1 unspecified atom stereocenters. The van der Waals surface area contributed by atoms with Crippen molar-refractivity contribution in [3.63, 3.8) is 0 Å². The van der Waals surface area contributed by atoms with E-state index in [-0.39, 0.29) is 0 Å². The zero-order chi connectivity index (χ0) is 18.4. The fraction of sp³-hybridized carbons (Fsp3) is 0.722. The molecule has 1 atom stereocenters. The van der Waals surface area contributed by atoms with Gasteiger partial charge in [0.05, 0.1) is 18.1 Å². The molecular formula is C18H28N4O3S. The van der Waals surface area contributed by atoms with Crippen LogP contribution in [0.15, 0.2) is 12.4 Å². The Labute approximate surface area is 157 Å². The van der Waals surface area contributed by atoms with Crippen LogP contribution in [0.25, 0.3) is 0 Å². The summed E-state index contributed by atoms with van der Waals surface area (Å²) in [6.45, 7) is 5.96. The molecule has 0 bridgehead atoms. The topological polar surface area (TPSA) is 75.6 Å². The van der Waals surface area contributed by atoms with Gasteiger partial charge < -0.3 is 14.4 Å². The molecular weight excluding hydrogens is 352 g/mol. The van der Waals surface area contributed by atoms with Gasteiger partial charge in [-0.3, -0.25) is 4.98 Å². The van der Waals surface area contributed by atoms with Crippen molar-refractivity contribution < 1.29 is 13.7 Å². The maximum Gasteiger partial charge on any atom is 0.147 e. The number of nitrogens with zero attached hydrogens (tertiary/aromatic N) is 4. The molecule has 8 heteroatoms. The third-order valence-electron chi connectivity index (χ3n) is 5.18. The smallest absolute Gasteiger partial charge is 0.147 e. The molecule has 0 aromatic carbocycles. The number of aryl methyl sites for hydroxylation is 1. The van der Waals surface area contributed by atoms with Crippen LogP contribution >= 0.6 is 0 Å². The molecule has 2 aliphatic rings. The Balaban J connectivity index is 1.56. The second kappa shape index (κ2) is 9.01. The lowest BCUT2D eigenvalue weighted by Crippen LogP contribution is -2.54. The summed E-state index contributed by atoms with van der Waals surface area (Å²) in [4.78, 5) is 22.9. The highest BCUT2D eigenvalue weighted by molar-refractivity contribution is 7.84. The molecule has 1 aromatic rings. The van der Waals surface area contributed by atoms with Crippen LogP contribution in [0, 0.1) is 0 Å². The van der Waals surface area contributed by atoms with Gasteiger partial charge >= 0.3 is 0 Å². The normalized spacial score (nSPS) is 22.1. The van der Waals surface area contributed by atoms with E-state index in [2.05, 4.69) is 21.8 Å². The average Bonchev–Trinajstić information content (AvgIpc) is 2.72. The van der Waals surface area contributed by atoms with E-state index in [1.165, 1.54) is 0 Å². The van der Waals surface area contributed by atoms with Crippen molar-refractivity contribution in [1.29, 1.82) is 0 Å². The van der Waals surface area contributed by atoms with E-state index in [0.29, 0.717) is 39.1 Å². The van der Waals surface area contributed by atoms with Gasteiger partial charge in [-0.05, 0) is 25.7 Å². The molecule has 7 nitrogen and oxygen atoms in total. The van der Waals surface area contributed by atoms with E-state index in [9.17, 15) is 9.00 Å². The maximum absolute atomic E-state index is 13.0. The first kappa shape index (κ1) is 19.4. The lowest BCUT2D eigenvalue weighted by molar-refractivity contribution is -0.112. The molecule has 2 fully saturated rings. The molecule has 144 valence electrons. The second-order valence-electron chi connectivity index (χ2n) is 6.93. The highest BCUT2D eigenvalue weighted by Gasteiger charge is 2.42. The lowest BCUT2D eigenvalue weighted by Gasteiger charge is -2.40. The molecule has 0 spiro atoms. The number of unbranched alkanes of at least 4 members (excludes halogenated alkanes) is 1. The summed E-state index contributed by atoms with van der Waals surface area (Å²) >= 11 is 0. The van der Waals surface area contributed by atoms with Crippen LogP contribution in [-0.2, 0) is 26.9 Å². The molecule has 0 N–H and O–H groups in total. The van der Waals surface area contributed by atoms with E-state index in [1.807, 2.05) is 16.7 Å². The summed E-state index contributed by atoms with van der Waals surface area (Å²) in [5.41, 5.74) is 1.03. The Morgan fingerprint density at radius 2 is 1.92 bits per heavy atom. The van der Waals surface area contributed by atoms with Crippen LogP contribution in [0.1, 0.15) is 38.3 Å². The van der Waals surface area contributed by atoms with Gasteiger partial charge in [-0.25, -0.2) is 13.5 Å². The van der Waals surface area contributed by atoms with Gasteiger partial charge in [0.1, 0.15) is 27.8 Å². The van der Waals surface area contributed by atoms with Crippen molar-refractivity contribution in [2.24, 2.45) is 0 Å². The molecule has 0 saturated carbocycles. The standard InChI is InChI=1S/C18H28N4O3S/c1-2-3-4-16-13-20-17(14-19-16)21-7-9-22(10-8-21)26(24)18(15-23)5-11-25-12-6-18/h13-15H,2-12H2,1H3. The average molecular weight is 381 g/mol. The molecule has 0 radical (unpaired) electrons. The van der Waals surface area contributed by atoms with Gasteiger partial charge in [0.2, 0.25) is 0 Å². The monoisotopic (exact) mass is 380 g/mol. The zero-order valence-corrected chi connectivity index (χ0v) is 16.2. The van der Waals surface area contributed by atoms with E-state index < -0.39 is 15.7 Å². The summed E-state index contributed by atoms with van der Waals surface area (Å²) < 4.78 is 19.5. The van der Waals surface area contributed by atoms with E-state index in [0.717, 1.165) is 50.1 Å². The predicted molar refractivity (Wildman–Crippen MR) is 101 cm³/mol. The molecule has 26 heavy (non-hydrogen) atoms. The Hall–Kier alpha value is -1.38. The predicted octanol–water partition coefficient (Wildman–Crippen LogP) is 1.35. The number of piperazine rings is 1. The highest BCUT2D eigenvalue weighted by atomic mass is 32.2. The van der Waals surface area contributed by atoms with Crippen molar-refractivity contribution >= 4 is 23.1 Å². The van der Waals surface area contributed by atoms with E-state index in [4.69, 9.17) is 4.74 Å². The fourth-order valence-corrected chi connectivity index (χ4v) is 5.00. The Bertz CT molecular complexity index is 611. The fourth-order valence-electron chi connectivity index (χ4n) is 3.39. The number of rotatable bonds is 7. The molecule has 0 aliphatic carbocycles. The summed E-state index contributed by atoms with van der Waals surface area (Å²) in [5.74, 6) is 0.867. The number of carbonyl (C=O) groups is 1. The third kappa shape index (κ3) is 4.29. The van der Waals surface area contributed by atoms with Crippen molar-refractivity contribution in [3.05, 3.63) is 18.1 Å². The molecule has 1 aromatic heterocycles. The van der Waals surface area contributed by atoms with Crippen molar-refractivity contribution in [2.45, 2.75) is 43.8 Å². The number of aromatic nitrogens is 2. The van der Waals surface area contributed by atoms with Gasteiger partial charge in [-0.15, -0.1) is 0 Å². The van der Waals surface area contributed by atoms with Gasteiger partial charge in [-0.2, -0.15) is 0 Å². The van der Waals surface area contributed by atoms with Gasteiger partial charge in [0.15, 0.2) is 0 Å². The number of anilines is 1. The molecule has 3 heterocycles. The number of ether oxygens (including phenoxy) is 1. The molecule has 0 amide bonds. The number of carbonyl (C=O) groups excluding carboxylic acids is 1. The van der Waals surface area contributed by atoms with Gasteiger partial charge in [0, 0.05) is 39.4 Å². The quantitative estimate of drug-likeness (QED) is 0.665. The second-order valence-corrected chi connectivity index (χ2v) is 8.76. The van der Waals surface area contributed by atoms with E-state index >= 15 is 0 Å². The van der Waals surface area contributed by atoms with Crippen LogP contribution in [0.5, 0.6) is 0 Å². The Morgan fingerprint density at radius 3 is 2.50 bits per heavy atom. The van der Waals surface area contributed by atoms with Crippen molar-refractivity contribution in [1.82, 2.24) is 14.3 Å². The molecule has 2 saturated heterocycles. The van der Waals surface area contributed by atoms with Crippen LogP contribution in [0.3, 0.4) is 0 Å². The molecule has 3 rings (SSSR count). The number of hydrogen-bond donors (Lipinski definition) is 0. The summed E-state index contributed by atoms with van der Waals surface area (Å²) in [6.07, 6.45) is 8.90. The van der Waals surface area contributed by atoms with Crippen LogP contribution in [0.2, 0.25) is 0 Å². The Morgan fingerprint density at radius 1 is 1.19 bits per heavy atom. The first-order valence-electron chi connectivity index (χ1n) is 9.45. The first-order chi connectivity index (χ1) is 12.7. The zero-order valence-electron chi connectivity index (χ0n) is 15.4. The van der Waals surface area contributed by atoms with Crippen molar-refractivity contribution in [3.8, 4) is 0 Å². The lowest BCUT2D eigenvalue weighted by atomic mass is 10.0. The van der Waals surface area contributed by atoms with Crippen LogP contribution in [-0.4, -0.2) is 68.9 Å². The van der Waals surface area contributed by atoms with Crippen LogP contribution < -0.4 is 4.90 Å². The maximum atomic E-state index is 13.0. The van der Waals surface area contributed by atoms with Crippen molar-refractivity contribution in [2.75, 3.05) is 44.3 Å². The Kier molecular flexibility index (Phi) is 6.72.